The predicted molar refractivity (Wildman–Crippen MR) is 91.8 cm³/mol. The van der Waals surface area contributed by atoms with Crippen molar-refractivity contribution in [2.75, 3.05) is 13.1 Å². The number of carbonyl (C=O) groups excluding carboxylic acids is 2. The standard InChI is InChI=1S/C18H33N3O2/c1-13(20-17(23)14-7-5-4-6-8-14)11-16(22)21-10-9-15(19)18(2,3)12-21/h13-15H,4-12,19H2,1-3H3,(H,20,23). The molecule has 1 saturated heterocycles. The maximum absolute atomic E-state index is 12.5. The fraction of sp³-hybridized carbons (Fsp3) is 0.889. The molecule has 0 aromatic heterocycles. The highest BCUT2D eigenvalue weighted by Gasteiger charge is 2.35. The van der Waals surface area contributed by atoms with Crippen LogP contribution in [0.4, 0.5) is 0 Å². The van der Waals surface area contributed by atoms with Crippen LogP contribution in [0.1, 0.15) is 65.7 Å². The third-order valence-electron chi connectivity index (χ3n) is 5.51. The summed E-state index contributed by atoms with van der Waals surface area (Å²) in [5.74, 6) is 0.403. The first-order valence-corrected chi connectivity index (χ1v) is 9.13. The van der Waals surface area contributed by atoms with E-state index in [1.54, 1.807) is 0 Å². The van der Waals surface area contributed by atoms with Crippen LogP contribution in [0, 0.1) is 11.3 Å². The normalized spacial score (nSPS) is 26.6. The van der Waals surface area contributed by atoms with Gasteiger partial charge in [-0.25, -0.2) is 0 Å². The summed E-state index contributed by atoms with van der Waals surface area (Å²) in [7, 11) is 0. The van der Waals surface area contributed by atoms with Crippen LogP contribution in [-0.4, -0.2) is 41.9 Å². The second-order valence-electron chi connectivity index (χ2n) is 8.15. The average Bonchev–Trinajstić information content (AvgIpc) is 2.50. The van der Waals surface area contributed by atoms with Crippen LogP contribution in [0.25, 0.3) is 0 Å². The molecule has 2 atom stereocenters. The Kier molecular flexibility index (Phi) is 6.06. The van der Waals surface area contributed by atoms with E-state index < -0.39 is 0 Å². The van der Waals surface area contributed by atoms with Crippen LogP contribution in [0.5, 0.6) is 0 Å². The summed E-state index contributed by atoms with van der Waals surface area (Å²) >= 11 is 0. The second kappa shape index (κ2) is 7.65. The number of rotatable bonds is 4. The van der Waals surface area contributed by atoms with Gasteiger partial charge in [0.1, 0.15) is 0 Å². The minimum atomic E-state index is -0.101. The fourth-order valence-electron chi connectivity index (χ4n) is 3.75. The fourth-order valence-corrected chi connectivity index (χ4v) is 3.75. The molecule has 1 aliphatic carbocycles. The molecular weight excluding hydrogens is 290 g/mol. The Morgan fingerprint density at radius 3 is 2.48 bits per heavy atom. The zero-order chi connectivity index (χ0) is 17.0. The highest BCUT2D eigenvalue weighted by molar-refractivity contribution is 5.81. The smallest absolute Gasteiger partial charge is 0.224 e. The third kappa shape index (κ3) is 4.93. The molecule has 0 spiro atoms. The molecule has 0 bridgehead atoms. The van der Waals surface area contributed by atoms with Crippen molar-refractivity contribution in [3.63, 3.8) is 0 Å². The molecule has 1 saturated carbocycles. The number of likely N-dealkylation sites (tertiary alicyclic amines) is 1. The molecule has 3 N–H and O–H groups in total. The van der Waals surface area contributed by atoms with Crippen molar-refractivity contribution in [3.8, 4) is 0 Å². The lowest BCUT2D eigenvalue weighted by Gasteiger charge is -2.42. The molecule has 0 aromatic rings. The number of amides is 2. The van der Waals surface area contributed by atoms with Crippen LogP contribution in [0.15, 0.2) is 0 Å². The molecule has 5 heteroatoms. The Hall–Kier alpha value is -1.10. The molecule has 0 aromatic carbocycles. The van der Waals surface area contributed by atoms with Gasteiger partial charge in [0.25, 0.3) is 0 Å². The number of hydrogen-bond acceptors (Lipinski definition) is 3. The van der Waals surface area contributed by atoms with E-state index >= 15 is 0 Å². The molecule has 2 aliphatic rings. The minimum absolute atomic E-state index is 0.0392. The zero-order valence-corrected chi connectivity index (χ0v) is 14.9. The largest absolute Gasteiger partial charge is 0.353 e. The molecule has 1 heterocycles. The van der Waals surface area contributed by atoms with E-state index in [1.165, 1.54) is 6.42 Å². The molecule has 5 nitrogen and oxygen atoms in total. The zero-order valence-electron chi connectivity index (χ0n) is 14.9. The SMILES string of the molecule is CC(CC(=O)N1CCC(N)C(C)(C)C1)NC(=O)C1CCCCC1. The van der Waals surface area contributed by atoms with Crippen LogP contribution in [0.3, 0.4) is 0 Å². The van der Waals surface area contributed by atoms with Gasteiger partial charge in [0, 0.05) is 37.5 Å². The van der Waals surface area contributed by atoms with Gasteiger partial charge < -0.3 is 16.0 Å². The lowest BCUT2D eigenvalue weighted by molar-refractivity contribution is -0.135. The molecule has 2 amide bonds. The highest BCUT2D eigenvalue weighted by atomic mass is 16.2. The van der Waals surface area contributed by atoms with E-state index in [1.807, 2.05) is 11.8 Å². The molecular formula is C18H33N3O2. The summed E-state index contributed by atoms with van der Waals surface area (Å²) in [5, 5.41) is 3.04. The molecule has 0 radical (unpaired) electrons. The van der Waals surface area contributed by atoms with Crippen molar-refractivity contribution in [1.29, 1.82) is 0 Å². The van der Waals surface area contributed by atoms with Crippen LogP contribution < -0.4 is 11.1 Å². The van der Waals surface area contributed by atoms with Crippen molar-refractivity contribution in [2.45, 2.75) is 77.8 Å². The Bertz CT molecular complexity index is 430. The van der Waals surface area contributed by atoms with Gasteiger partial charge in [-0.15, -0.1) is 0 Å². The van der Waals surface area contributed by atoms with Gasteiger partial charge in [-0.1, -0.05) is 33.1 Å². The molecule has 2 fully saturated rings. The number of nitrogens with zero attached hydrogens (tertiary/aromatic N) is 1. The minimum Gasteiger partial charge on any atom is -0.353 e. The monoisotopic (exact) mass is 323 g/mol. The first-order chi connectivity index (χ1) is 10.8. The summed E-state index contributed by atoms with van der Waals surface area (Å²) < 4.78 is 0. The molecule has 23 heavy (non-hydrogen) atoms. The maximum Gasteiger partial charge on any atom is 0.224 e. The lowest BCUT2D eigenvalue weighted by atomic mass is 9.79. The lowest BCUT2D eigenvalue weighted by Crippen LogP contribution is -2.54. The van der Waals surface area contributed by atoms with E-state index in [0.29, 0.717) is 13.0 Å². The Balaban J connectivity index is 1.79. The van der Waals surface area contributed by atoms with Crippen LogP contribution in [-0.2, 0) is 9.59 Å². The first kappa shape index (κ1) is 18.2. The van der Waals surface area contributed by atoms with E-state index in [2.05, 4.69) is 19.2 Å². The summed E-state index contributed by atoms with van der Waals surface area (Å²) in [6.07, 6.45) is 6.74. The third-order valence-corrected chi connectivity index (χ3v) is 5.51. The summed E-state index contributed by atoms with van der Waals surface area (Å²) in [6, 6.07) is 0.0469. The maximum atomic E-state index is 12.5. The average molecular weight is 323 g/mol. The number of hydrogen-bond donors (Lipinski definition) is 2. The summed E-state index contributed by atoms with van der Waals surface area (Å²) in [6.45, 7) is 7.60. The first-order valence-electron chi connectivity index (χ1n) is 9.13. The van der Waals surface area contributed by atoms with Crippen LogP contribution >= 0.6 is 0 Å². The van der Waals surface area contributed by atoms with Crippen molar-refractivity contribution >= 4 is 11.8 Å². The summed E-state index contributed by atoms with van der Waals surface area (Å²) in [5.41, 5.74) is 6.09. The van der Waals surface area contributed by atoms with Gasteiger partial charge in [-0.05, 0) is 31.6 Å². The van der Waals surface area contributed by atoms with Crippen molar-refractivity contribution in [3.05, 3.63) is 0 Å². The van der Waals surface area contributed by atoms with Gasteiger partial charge in [-0.2, -0.15) is 0 Å². The van der Waals surface area contributed by atoms with Gasteiger partial charge in [0.05, 0.1) is 0 Å². The van der Waals surface area contributed by atoms with Crippen molar-refractivity contribution < 1.29 is 9.59 Å². The van der Waals surface area contributed by atoms with Crippen molar-refractivity contribution in [1.82, 2.24) is 10.2 Å². The molecule has 2 unspecified atom stereocenters. The van der Waals surface area contributed by atoms with Crippen molar-refractivity contribution in [2.24, 2.45) is 17.1 Å². The molecule has 1 aliphatic heterocycles. The summed E-state index contributed by atoms with van der Waals surface area (Å²) in [4.78, 5) is 26.7. The van der Waals surface area contributed by atoms with E-state index in [4.69, 9.17) is 5.73 Å². The van der Waals surface area contributed by atoms with E-state index in [9.17, 15) is 9.59 Å². The van der Waals surface area contributed by atoms with Gasteiger partial charge in [0.15, 0.2) is 0 Å². The quantitative estimate of drug-likeness (QED) is 0.831. The number of carbonyl (C=O) groups is 2. The molecule has 132 valence electrons. The van der Waals surface area contributed by atoms with Crippen LogP contribution in [0.2, 0.25) is 0 Å². The Labute approximate surface area is 140 Å². The van der Waals surface area contributed by atoms with Gasteiger partial charge >= 0.3 is 0 Å². The molecule has 2 rings (SSSR count). The number of nitrogens with one attached hydrogen (secondary N) is 1. The Morgan fingerprint density at radius 1 is 1.22 bits per heavy atom. The number of nitrogens with two attached hydrogens (primary N) is 1. The van der Waals surface area contributed by atoms with E-state index in [-0.39, 0.29) is 35.2 Å². The second-order valence-corrected chi connectivity index (χ2v) is 8.15. The highest BCUT2D eigenvalue weighted by Crippen LogP contribution is 2.28. The van der Waals surface area contributed by atoms with Gasteiger partial charge in [0.2, 0.25) is 11.8 Å². The van der Waals surface area contributed by atoms with Gasteiger partial charge in [-0.3, -0.25) is 9.59 Å². The Morgan fingerprint density at radius 2 is 1.87 bits per heavy atom. The predicted octanol–water partition coefficient (Wildman–Crippen LogP) is 2.05. The van der Waals surface area contributed by atoms with E-state index in [0.717, 1.165) is 38.6 Å². The topological polar surface area (TPSA) is 75.4 Å². The number of piperidine rings is 1.